The number of carbonyl (C=O) groups is 1. The number of rotatable bonds is 1. The van der Waals surface area contributed by atoms with Gasteiger partial charge >= 0.3 is 5.97 Å². The van der Waals surface area contributed by atoms with Crippen LogP contribution >= 0.6 is 11.6 Å². The van der Waals surface area contributed by atoms with Crippen molar-refractivity contribution in [3.8, 4) is 5.75 Å². The zero-order valence-corrected chi connectivity index (χ0v) is 7.56. The number of halogens is 1. The van der Waals surface area contributed by atoms with Gasteiger partial charge in [0, 0.05) is 6.20 Å². The number of aromatic hydroxyl groups is 1. The highest BCUT2D eigenvalue weighted by Crippen LogP contribution is 2.26. The fourth-order valence-corrected chi connectivity index (χ4v) is 1.50. The lowest BCUT2D eigenvalue weighted by Crippen LogP contribution is -2.02. The summed E-state index contributed by atoms with van der Waals surface area (Å²) in [5, 5.41) is 18.1. The maximum Gasteiger partial charge on any atom is 0.372 e. The summed E-state index contributed by atoms with van der Waals surface area (Å²) >= 11 is 5.67. The minimum atomic E-state index is -1.20. The van der Waals surface area contributed by atoms with E-state index >= 15 is 0 Å². The summed E-state index contributed by atoms with van der Waals surface area (Å²) < 4.78 is 1.22. The van der Waals surface area contributed by atoms with Crippen molar-refractivity contribution in [2.24, 2.45) is 0 Å². The molecule has 2 heterocycles. The van der Waals surface area contributed by atoms with Crippen molar-refractivity contribution in [1.29, 1.82) is 0 Å². The molecule has 72 valence electrons. The van der Waals surface area contributed by atoms with Gasteiger partial charge in [0.15, 0.2) is 5.15 Å². The van der Waals surface area contributed by atoms with Crippen LogP contribution in [-0.2, 0) is 0 Å². The molecule has 0 spiro atoms. The molecular weight excluding hydrogens is 208 g/mol. The molecule has 5 nitrogen and oxygen atoms in total. The van der Waals surface area contributed by atoms with Crippen LogP contribution in [0.1, 0.15) is 10.6 Å². The van der Waals surface area contributed by atoms with Crippen LogP contribution in [0.2, 0.25) is 5.15 Å². The molecule has 2 N–H and O–H groups in total. The highest BCUT2D eigenvalue weighted by molar-refractivity contribution is 6.33. The van der Waals surface area contributed by atoms with E-state index < -0.39 is 5.97 Å². The fourth-order valence-electron chi connectivity index (χ4n) is 1.23. The van der Waals surface area contributed by atoms with E-state index in [-0.39, 0.29) is 22.2 Å². The molecule has 0 atom stereocenters. The monoisotopic (exact) mass is 212 g/mol. The lowest BCUT2D eigenvalue weighted by atomic mass is 10.4. The molecule has 2 aromatic heterocycles. The first-order valence-corrected chi connectivity index (χ1v) is 4.08. The fraction of sp³-hybridized carbons (Fsp3) is 0. The summed E-state index contributed by atoms with van der Waals surface area (Å²) in [6, 6.07) is 2.92. The van der Waals surface area contributed by atoms with Gasteiger partial charge in [0.2, 0.25) is 5.82 Å². The standard InChI is InChI=1S/C8H5ClN2O3/c9-6-5-4(12)2-1-3-11(5)7(10-6)8(13)14/h1-3,12H,(H,13,14). The third kappa shape index (κ3) is 1.10. The zero-order chi connectivity index (χ0) is 10.3. The number of fused-ring (bicyclic) bond motifs is 1. The molecule has 0 radical (unpaired) electrons. The number of hydrogen-bond acceptors (Lipinski definition) is 3. The maximum absolute atomic E-state index is 10.7. The van der Waals surface area contributed by atoms with E-state index in [4.69, 9.17) is 16.7 Å². The van der Waals surface area contributed by atoms with Gasteiger partial charge in [0.1, 0.15) is 11.3 Å². The Hall–Kier alpha value is -1.75. The first-order chi connectivity index (χ1) is 6.61. The van der Waals surface area contributed by atoms with Crippen LogP contribution < -0.4 is 0 Å². The number of aromatic carboxylic acids is 1. The molecule has 0 saturated carbocycles. The Morgan fingerprint density at radius 1 is 1.57 bits per heavy atom. The van der Waals surface area contributed by atoms with Gasteiger partial charge in [-0.2, -0.15) is 0 Å². The molecule has 0 bridgehead atoms. The third-order valence-electron chi connectivity index (χ3n) is 1.79. The van der Waals surface area contributed by atoms with Crippen LogP contribution in [0.3, 0.4) is 0 Å². The minimum Gasteiger partial charge on any atom is -0.506 e. The Balaban J connectivity index is 2.91. The van der Waals surface area contributed by atoms with Crippen molar-refractivity contribution in [2.75, 3.05) is 0 Å². The smallest absolute Gasteiger partial charge is 0.372 e. The number of imidazole rings is 1. The van der Waals surface area contributed by atoms with Crippen LogP contribution in [0.5, 0.6) is 5.75 Å². The summed E-state index contributed by atoms with van der Waals surface area (Å²) in [6.07, 6.45) is 1.47. The molecule has 0 aromatic carbocycles. The Morgan fingerprint density at radius 2 is 2.29 bits per heavy atom. The van der Waals surface area contributed by atoms with Crippen LogP contribution in [-0.4, -0.2) is 25.6 Å². The molecule has 0 fully saturated rings. The van der Waals surface area contributed by atoms with Crippen LogP contribution in [0, 0.1) is 0 Å². The number of aromatic nitrogens is 2. The van der Waals surface area contributed by atoms with Crippen molar-refractivity contribution in [1.82, 2.24) is 9.38 Å². The van der Waals surface area contributed by atoms with Gasteiger partial charge in [-0.15, -0.1) is 0 Å². The summed E-state index contributed by atoms with van der Waals surface area (Å²) in [4.78, 5) is 14.3. The topological polar surface area (TPSA) is 74.8 Å². The van der Waals surface area contributed by atoms with Crippen molar-refractivity contribution in [3.05, 3.63) is 29.3 Å². The highest BCUT2D eigenvalue weighted by Gasteiger charge is 2.16. The highest BCUT2D eigenvalue weighted by atomic mass is 35.5. The first-order valence-electron chi connectivity index (χ1n) is 3.70. The third-order valence-corrected chi connectivity index (χ3v) is 2.06. The summed E-state index contributed by atoms with van der Waals surface area (Å²) in [5.41, 5.74) is 0.201. The average molecular weight is 213 g/mol. The average Bonchev–Trinajstić information content (AvgIpc) is 2.45. The Bertz CT molecular complexity index is 521. The second-order valence-electron chi connectivity index (χ2n) is 2.64. The molecule has 2 rings (SSSR count). The van der Waals surface area contributed by atoms with E-state index in [2.05, 4.69) is 4.98 Å². The second kappa shape index (κ2) is 2.88. The van der Waals surface area contributed by atoms with Crippen LogP contribution in [0.25, 0.3) is 5.52 Å². The lowest BCUT2D eigenvalue weighted by Gasteiger charge is -1.97. The van der Waals surface area contributed by atoms with E-state index in [1.54, 1.807) is 0 Å². The number of pyridine rings is 1. The van der Waals surface area contributed by atoms with E-state index in [0.717, 1.165) is 0 Å². The van der Waals surface area contributed by atoms with E-state index in [9.17, 15) is 9.90 Å². The number of carboxylic acid groups (broad SMARTS) is 1. The molecule has 0 aliphatic carbocycles. The minimum absolute atomic E-state index is 0.0273. The van der Waals surface area contributed by atoms with Gasteiger partial charge in [-0.3, -0.25) is 4.40 Å². The Labute approximate surface area is 83.2 Å². The van der Waals surface area contributed by atoms with Gasteiger partial charge in [-0.25, -0.2) is 9.78 Å². The predicted molar refractivity (Wildman–Crippen MR) is 48.8 cm³/mol. The van der Waals surface area contributed by atoms with Crippen LogP contribution in [0.15, 0.2) is 18.3 Å². The largest absolute Gasteiger partial charge is 0.506 e. The molecule has 0 aliphatic heterocycles. The molecule has 14 heavy (non-hydrogen) atoms. The van der Waals surface area contributed by atoms with Gasteiger partial charge in [-0.05, 0) is 12.1 Å². The van der Waals surface area contributed by atoms with Crippen molar-refractivity contribution in [3.63, 3.8) is 0 Å². The SMILES string of the molecule is O=C(O)c1nc(Cl)c2c(O)cccn12. The van der Waals surface area contributed by atoms with E-state index in [1.807, 2.05) is 0 Å². The molecular formula is C8H5ClN2O3. The Morgan fingerprint density at radius 3 is 2.93 bits per heavy atom. The quantitative estimate of drug-likeness (QED) is 0.749. The zero-order valence-electron chi connectivity index (χ0n) is 6.81. The van der Waals surface area contributed by atoms with Crippen molar-refractivity contribution in [2.45, 2.75) is 0 Å². The van der Waals surface area contributed by atoms with Crippen LogP contribution in [0.4, 0.5) is 0 Å². The maximum atomic E-state index is 10.7. The van der Waals surface area contributed by atoms with Gasteiger partial charge in [0.05, 0.1) is 0 Å². The number of nitrogens with zero attached hydrogens (tertiary/aromatic N) is 2. The van der Waals surface area contributed by atoms with Gasteiger partial charge in [0.25, 0.3) is 0 Å². The van der Waals surface area contributed by atoms with Crippen molar-refractivity contribution < 1.29 is 15.0 Å². The van der Waals surface area contributed by atoms with E-state index in [1.165, 1.54) is 22.7 Å². The van der Waals surface area contributed by atoms with Gasteiger partial charge in [-0.1, -0.05) is 11.6 Å². The molecule has 2 aromatic rings. The second-order valence-corrected chi connectivity index (χ2v) is 3.00. The predicted octanol–water partition coefficient (Wildman–Crippen LogP) is 1.39. The molecule has 0 amide bonds. The summed E-state index contributed by atoms with van der Waals surface area (Å²) in [6.45, 7) is 0. The molecule has 0 aliphatic rings. The lowest BCUT2D eigenvalue weighted by molar-refractivity contribution is 0.0683. The van der Waals surface area contributed by atoms with Crippen molar-refractivity contribution >= 4 is 23.1 Å². The summed E-state index contributed by atoms with van der Waals surface area (Å²) in [5.74, 6) is -1.52. The molecule has 0 unspecified atom stereocenters. The Kier molecular flexibility index (Phi) is 1.82. The first kappa shape index (κ1) is 8.83. The molecule has 6 heteroatoms. The normalized spacial score (nSPS) is 10.6. The van der Waals surface area contributed by atoms with Gasteiger partial charge < -0.3 is 10.2 Å². The molecule has 0 saturated heterocycles. The number of carboxylic acids is 1. The summed E-state index contributed by atoms with van der Waals surface area (Å²) in [7, 11) is 0. The van der Waals surface area contributed by atoms with E-state index in [0.29, 0.717) is 0 Å². The number of hydrogen-bond donors (Lipinski definition) is 2.